The molecule has 0 radical (unpaired) electrons. The van der Waals surface area contributed by atoms with Gasteiger partial charge in [-0.1, -0.05) is 42.0 Å². The molecule has 122 valence electrons. The zero-order valence-electron chi connectivity index (χ0n) is 13.7. The summed E-state index contributed by atoms with van der Waals surface area (Å²) in [4.78, 5) is 12.7. The Morgan fingerprint density at radius 2 is 1.52 bits per heavy atom. The predicted molar refractivity (Wildman–Crippen MR) is 89.0 cm³/mol. The van der Waals surface area contributed by atoms with Crippen molar-refractivity contribution in [3.8, 4) is 0 Å². The molecule has 0 bridgehead atoms. The van der Waals surface area contributed by atoms with E-state index in [2.05, 4.69) is 0 Å². The van der Waals surface area contributed by atoms with Crippen LogP contribution in [-0.2, 0) is 14.3 Å². The number of ketones is 1. The van der Waals surface area contributed by atoms with Gasteiger partial charge in [0.15, 0.2) is 5.78 Å². The van der Waals surface area contributed by atoms with Gasteiger partial charge in [-0.3, -0.25) is 8.98 Å². The van der Waals surface area contributed by atoms with Crippen molar-refractivity contribution in [2.45, 2.75) is 38.2 Å². The van der Waals surface area contributed by atoms with Crippen LogP contribution >= 0.6 is 0 Å². The maximum Gasteiger partial charge on any atom is 0.297 e. The van der Waals surface area contributed by atoms with Crippen LogP contribution in [0.25, 0.3) is 0 Å². The van der Waals surface area contributed by atoms with E-state index in [1.807, 2.05) is 13.0 Å². The van der Waals surface area contributed by atoms with Crippen LogP contribution in [0.15, 0.2) is 53.4 Å². The summed E-state index contributed by atoms with van der Waals surface area (Å²) >= 11 is 0. The first-order valence-corrected chi connectivity index (χ1v) is 8.67. The minimum absolute atomic E-state index is 0.0359. The SMILES string of the molecule is Cc1ccc(S(=O)(=O)OC(C)(C)C(=O)c2ccccc2C)cc1. The normalized spacial score (nSPS) is 12.2. The van der Waals surface area contributed by atoms with E-state index in [1.165, 1.54) is 26.0 Å². The van der Waals surface area contributed by atoms with Crippen LogP contribution in [0.2, 0.25) is 0 Å². The summed E-state index contributed by atoms with van der Waals surface area (Å²) in [6.45, 7) is 6.60. The van der Waals surface area contributed by atoms with E-state index in [1.54, 1.807) is 37.3 Å². The molecule has 0 aliphatic rings. The van der Waals surface area contributed by atoms with Crippen LogP contribution in [0.4, 0.5) is 0 Å². The Balaban J connectivity index is 2.31. The van der Waals surface area contributed by atoms with Crippen LogP contribution in [0.5, 0.6) is 0 Å². The molecule has 23 heavy (non-hydrogen) atoms. The summed E-state index contributed by atoms with van der Waals surface area (Å²) in [5, 5.41) is 0. The summed E-state index contributed by atoms with van der Waals surface area (Å²) < 4.78 is 30.1. The monoisotopic (exact) mass is 332 g/mol. The summed E-state index contributed by atoms with van der Waals surface area (Å²) in [6, 6.07) is 13.4. The van der Waals surface area contributed by atoms with Crippen LogP contribution in [0.3, 0.4) is 0 Å². The third-order valence-electron chi connectivity index (χ3n) is 3.56. The van der Waals surface area contributed by atoms with Crippen LogP contribution in [0, 0.1) is 13.8 Å². The molecule has 0 saturated heterocycles. The number of aryl methyl sites for hydroxylation is 2. The second-order valence-corrected chi connectivity index (χ2v) is 7.55. The third-order valence-corrected chi connectivity index (χ3v) is 5.05. The standard InChI is InChI=1S/C18H20O4S/c1-13-9-11-15(12-10-13)23(20,21)22-18(3,4)17(19)16-8-6-5-7-14(16)2/h5-12H,1-4H3. The zero-order valence-corrected chi connectivity index (χ0v) is 14.5. The molecule has 0 spiro atoms. The Kier molecular flexibility index (Phi) is 4.73. The van der Waals surface area contributed by atoms with E-state index < -0.39 is 15.7 Å². The summed E-state index contributed by atoms with van der Waals surface area (Å²) in [5.41, 5.74) is 0.688. The van der Waals surface area contributed by atoms with E-state index >= 15 is 0 Å². The minimum Gasteiger partial charge on any atom is -0.291 e. The Bertz CT molecular complexity index is 818. The summed E-state index contributed by atoms with van der Waals surface area (Å²) in [6.07, 6.45) is 0. The zero-order chi connectivity index (χ0) is 17.3. The first kappa shape index (κ1) is 17.4. The van der Waals surface area contributed by atoms with Crippen molar-refractivity contribution < 1.29 is 17.4 Å². The number of hydrogen-bond acceptors (Lipinski definition) is 4. The van der Waals surface area contributed by atoms with Crippen molar-refractivity contribution in [3.05, 3.63) is 65.2 Å². The van der Waals surface area contributed by atoms with E-state index in [0.29, 0.717) is 5.56 Å². The molecule has 2 aromatic carbocycles. The van der Waals surface area contributed by atoms with Crippen molar-refractivity contribution in [2.75, 3.05) is 0 Å². The molecule has 0 aromatic heterocycles. The average Bonchev–Trinajstić information content (AvgIpc) is 2.46. The quantitative estimate of drug-likeness (QED) is 0.619. The number of benzene rings is 2. The molecule has 0 aliphatic carbocycles. The van der Waals surface area contributed by atoms with E-state index in [4.69, 9.17) is 4.18 Å². The lowest BCUT2D eigenvalue weighted by molar-refractivity contribution is 0.0604. The van der Waals surface area contributed by atoms with Crippen molar-refractivity contribution in [2.24, 2.45) is 0 Å². The highest BCUT2D eigenvalue weighted by atomic mass is 32.2. The lowest BCUT2D eigenvalue weighted by atomic mass is 9.94. The smallest absolute Gasteiger partial charge is 0.291 e. The summed E-state index contributed by atoms with van der Waals surface area (Å²) in [7, 11) is -4.02. The molecule has 2 aromatic rings. The van der Waals surface area contributed by atoms with Crippen molar-refractivity contribution >= 4 is 15.9 Å². The molecule has 0 saturated carbocycles. The van der Waals surface area contributed by atoms with Gasteiger partial charge in [-0.05, 0) is 45.4 Å². The number of hydrogen-bond donors (Lipinski definition) is 0. The van der Waals surface area contributed by atoms with Gasteiger partial charge in [-0.25, -0.2) is 0 Å². The maximum absolute atomic E-state index is 12.7. The van der Waals surface area contributed by atoms with E-state index in [0.717, 1.165) is 11.1 Å². The Morgan fingerprint density at radius 3 is 2.09 bits per heavy atom. The van der Waals surface area contributed by atoms with Crippen LogP contribution < -0.4 is 0 Å². The Labute approximate surface area is 137 Å². The fourth-order valence-electron chi connectivity index (χ4n) is 2.22. The van der Waals surface area contributed by atoms with Gasteiger partial charge >= 0.3 is 0 Å². The van der Waals surface area contributed by atoms with Crippen molar-refractivity contribution in [1.82, 2.24) is 0 Å². The Morgan fingerprint density at radius 1 is 0.957 bits per heavy atom. The van der Waals surface area contributed by atoms with Gasteiger partial charge in [0.1, 0.15) is 5.60 Å². The second-order valence-electron chi connectivity index (χ2n) is 6.00. The number of rotatable bonds is 5. The fraction of sp³-hybridized carbons (Fsp3) is 0.278. The first-order chi connectivity index (χ1) is 10.6. The molecule has 5 heteroatoms. The molecule has 2 rings (SSSR count). The molecule has 0 atom stereocenters. The number of carbonyl (C=O) groups is 1. The van der Waals surface area contributed by atoms with Crippen molar-refractivity contribution in [3.63, 3.8) is 0 Å². The van der Waals surface area contributed by atoms with Crippen LogP contribution in [0.1, 0.15) is 35.3 Å². The van der Waals surface area contributed by atoms with E-state index in [-0.39, 0.29) is 10.7 Å². The van der Waals surface area contributed by atoms with Gasteiger partial charge in [0.05, 0.1) is 4.90 Å². The molecular formula is C18H20O4S. The molecule has 4 nitrogen and oxygen atoms in total. The highest BCUT2D eigenvalue weighted by Crippen LogP contribution is 2.25. The van der Waals surface area contributed by atoms with Gasteiger partial charge in [0.25, 0.3) is 10.1 Å². The molecule has 0 N–H and O–H groups in total. The minimum atomic E-state index is -4.02. The van der Waals surface area contributed by atoms with Gasteiger partial charge in [0.2, 0.25) is 0 Å². The predicted octanol–water partition coefficient (Wildman–Crippen LogP) is 3.67. The topological polar surface area (TPSA) is 60.4 Å². The maximum atomic E-state index is 12.7. The molecule has 0 heterocycles. The van der Waals surface area contributed by atoms with Gasteiger partial charge < -0.3 is 0 Å². The lowest BCUT2D eigenvalue weighted by Gasteiger charge is -2.24. The largest absolute Gasteiger partial charge is 0.297 e. The highest BCUT2D eigenvalue weighted by Gasteiger charge is 2.36. The lowest BCUT2D eigenvalue weighted by Crippen LogP contribution is -2.37. The van der Waals surface area contributed by atoms with Gasteiger partial charge in [0, 0.05) is 5.56 Å². The molecule has 0 aliphatic heterocycles. The highest BCUT2D eigenvalue weighted by molar-refractivity contribution is 7.86. The third kappa shape index (κ3) is 3.86. The van der Waals surface area contributed by atoms with Crippen LogP contribution in [-0.4, -0.2) is 19.8 Å². The molecule has 0 unspecified atom stereocenters. The summed E-state index contributed by atoms with van der Waals surface area (Å²) in [5.74, 6) is -0.369. The first-order valence-electron chi connectivity index (χ1n) is 7.26. The Hall–Kier alpha value is -1.98. The van der Waals surface area contributed by atoms with Crippen molar-refractivity contribution in [1.29, 1.82) is 0 Å². The fourth-order valence-corrected chi connectivity index (χ4v) is 3.41. The van der Waals surface area contributed by atoms with Gasteiger partial charge in [-0.2, -0.15) is 8.42 Å². The number of Topliss-reactive ketones (excluding diaryl/α,β-unsaturated/α-hetero) is 1. The van der Waals surface area contributed by atoms with E-state index in [9.17, 15) is 13.2 Å². The number of carbonyl (C=O) groups excluding carboxylic acids is 1. The average molecular weight is 332 g/mol. The van der Waals surface area contributed by atoms with Gasteiger partial charge in [-0.15, -0.1) is 0 Å². The molecule has 0 amide bonds. The second kappa shape index (κ2) is 6.26. The molecule has 0 fully saturated rings. The molecular weight excluding hydrogens is 312 g/mol.